The topological polar surface area (TPSA) is 64.3 Å². The molecular formula is C12H12ClN2O3-. The van der Waals surface area contributed by atoms with Crippen molar-refractivity contribution in [3.05, 3.63) is 48.5 Å². The summed E-state index contributed by atoms with van der Waals surface area (Å²) in [5.74, 6) is -0.422. The Morgan fingerprint density at radius 1 is 1.33 bits per heavy atom. The van der Waals surface area contributed by atoms with E-state index in [2.05, 4.69) is 4.98 Å². The molecule has 5 nitrogen and oxygen atoms in total. The quantitative estimate of drug-likeness (QED) is 0.709. The van der Waals surface area contributed by atoms with Gasteiger partial charge in [-0.2, -0.15) is 0 Å². The van der Waals surface area contributed by atoms with E-state index in [1.165, 1.54) is 0 Å². The van der Waals surface area contributed by atoms with Gasteiger partial charge in [0.25, 0.3) is 0 Å². The van der Waals surface area contributed by atoms with Gasteiger partial charge in [0.2, 0.25) is 0 Å². The number of benzene rings is 1. The van der Waals surface area contributed by atoms with E-state index in [-0.39, 0.29) is 19.0 Å². The number of halogens is 1. The van der Waals surface area contributed by atoms with Crippen molar-refractivity contribution in [2.45, 2.75) is 6.54 Å². The lowest BCUT2D eigenvalue weighted by Crippen LogP contribution is -3.00. The monoisotopic (exact) mass is 267 g/mol. The molecule has 0 amide bonds. The first-order valence-electron chi connectivity index (χ1n) is 5.13. The van der Waals surface area contributed by atoms with Gasteiger partial charge in [-0.25, -0.2) is 9.78 Å². The minimum absolute atomic E-state index is 0. The van der Waals surface area contributed by atoms with Gasteiger partial charge in [-0.15, -0.1) is 0 Å². The van der Waals surface area contributed by atoms with E-state index >= 15 is 0 Å². The molecule has 6 heteroatoms. The van der Waals surface area contributed by atoms with Crippen molar-refractivity contribution in [2.24, 2.45) is 0 Å². The second-order valence-corrected chi connectivity index (χ2v) is 3.56. The summed E-state index contributed by atoms with van der Waals surface area (Å²) in [7, 11) is 0. The number of hydrogen-bond acceptors (Lipinski definition) is 3. The minimum atomic E-state index is -0.979. The predicted octanol–water partition coefficient (Wildman–Crippen LogP) is -1.60. The van der Waals surface area contributed by atoms with Crippen molar-refractivity contribution in [2.75, 3.05) is 6.61 Å². The molecule has 0 saturated heterocycles. The SMILES string of the molecule is O=C(O)COc1ccc(Cn2ccnc2)cc1.[Cl-]. The third kappa shape index (κ3) is 4.10. The van der Waals surface area contributed by atoms with Gasteiger partial charge in [-0.05, 0) is 17.7 Å². The molecule has 0 bridgehead atoms. The van der Waals surface area contributed by atoms with E-state index in [1.54, 1.807) is 24.7 Å². The second-order valence-electron chi connectivity index (χ2n) is 3.56. The first-order valence-corrected chi connectivity index (χ1v) is 5.13. The van der Waals surface area contributed by atoms with Crippen molar-refractivity contribution in [3.8, 4) is 5.75 Å². The maximum atomic E-state index is 10.3. The Kier molecular flexibility index (Phi) is 5.20. The Labute approximate surface area is 110 Å². The summed E-state index contributed by atoms with van der Waals surface area (Å²) in [5, 5.41) is 8.47. The molecule has 0 spiro atoms. The summed E-state index contributed by atoms with van der Waals surface area (Å²) in [6, 6.07) is 7.32. The summed E-state index contributed by atoms with van der Waals surface area (Å²) in [4.78, 5) is 14.3. The highest BCUT2D eigenvalue weighted by Crippen LogP contribution is 2.12. The van der Waals surface area contributed by atoms with Gasteiger partial charge in [0, 0.05) is 18.9 Å². The Hall–Kier alpha value is -2.01. The van der Waals surface area contributed by atoms with Gasteiger partial charge in [0.1, 0.15) is 5.75 Å². The zero-order chi connectivity index (χ0) is 12.1. The van der Waals surface area contributed by atoms with Gasteiger partial charge < -0.3 is 26.8 Å². The molecule has 1 heterocycles. The molecule has 1 aromatic carbocycles. The largest absolute Gasteiger partial charge is 1.00 e. The number of nitrogens with zero attached hydrogens (tertiary/aromatic N) is 2. The van der Waals surface area contributed by atoms with Gasteiger partial charge in [-0.1, -0.05) is 12.1 Å². The molecule has 0 aliphatic carbocycles. The van der Waals surface area contributed by atoms with Crippen molar-refractivity contribution in [1.29, 1.82) is 0 Å². The molecule has 0 aliphatic rings. The highest BCUT2D eigenvalue weighted by molar-refractivity contribution is 5.68. The third-order valence-electron chi connectivity index (χ3n) is 2.21. The average Bonchev–Trinajstić information content (AvgIpc) is 2.81. The fourth-order valence-corrected chi connectivity index (χ4v) is 1.43. The van der Waals surface area contributed by atoms with Crippen LogP contribution in [0.4, 0.5) is 0 Å². The van der Waals surface area contributed by atoms with E-state index in [9.17, 15) is 4.79 Å². The Balaban J connectivity index is 0.00000162. The molecule has 18 heavy (non-hydrogen) atoms. The van der Waals surface area contributed by atoms with Crippen LogP contribution in [0.5, 0.6) is 5.75 Å². The summed E-state index contributed by atoms with van der Waals surface area (Å²) in [6.07, 6.45) is 5.36. The van der Waals surface area contributed by atoms with Gasteiger partial charge in [0.15, 0.2) is 6.61 Å². The van der Waals surface area contributed by atoms with Crippen LogP contribution in [0.2, 0.25) is 0 Å². The Bertz CT molecular complexity index is 483. The van der Waals surface area contributed by atoms with E-state index in [0.717, 1.165) is 12.1 Å². The van der Waals surface area contributed by atoms with Crippen molar-refractivity contribution >= 4 is 5.97 Å². The number of carboxylic acids is 1. The molecule has 2 rings (SSSR count). The molecular weight excluding hydrogens is 256 g/mol. The maximum Gasteiger partial charge on any atom is 0.341 e. The maximum absolute atomic E-state index is 10.3. The van der Waals surface area contributed by atoms with E-state index < -0.39 is 5.97 Å². The fourth-order valence-electron chi connectivity index (χ4n) is 1.43. The normalized spacial score (nSPS) is 9.56. The molecule has 1 aromatic heterocycles. The highest BCUT2D eigenvalue weighted by atomic mass is 35.5. The number of carboxylic acid groups (broad SMARTS) is 1. The molecule has 96 valence electrons. The van der Waals surface area contributed by atoms with Crippen LogP contribution in [0, 0.1) is 0 Å². The van der Waals surface area contributed by atoms with Crippen LogP contribution >= 0.6 is 0 Å². The molecule has 2 aromatic rings. The minimum Gasteiger partial charge on any atom is -1.00 e. The Morgan fingerprint density at radius 2 is 2.06 bits per heavy atom. The van der Waals surface area contributed by atoms with Gasteiger partial charge in [-0.3, -0.25) is 0 Å². The number of ether oxygens (including phenoxy) is 1. The van der Waals surface area contributed by atoms with Gasteiger partial charge >= 0.3 is 5.97 Å². The molecule has 0 atom stereocenters. The second kappa shape index (κ2) is 6.66. The fraction of sp³-hybridized carbons (Fsp3) is 0.167. The van der Waals surface area contributed by atoms with Crippen LogP contribution in [0.1, 0.15) is 5.56 Å². The van der Waals surface area contributed by atoms with Crippen LogP contribution in [-0.4, -0.2) is 27.2 Å². The van der Waals surface area contributed by atoms with Crippen molar-refractivity contribution in [1.82, 2.24) is 9.55 Å². The lowest BCUT2D eigenvalue weighted by Gasteiger charge is -2.05. The van der Waals surface area contributed by atoms with E-state index in [1.807, 2.05) is 22.9 Å². The predicted molar refractivity (Wildman–Crippen MR) is 60.9 cm³/mol. The van der Waals surface area contributed by atoms with Crippen LogP contribution in [0.25, 0.3) is 0 Å². The molecule has 0 radical (unpaired) electrons. The molecule has 0 aliphatic heterocycles. The molecule has 0 fully saturated rings. The van der Waals surface area contributed by atoms with Crippen molar-refractivity contribution in [3.63, 3.8) is 0 Å². The number of aliphatic carboxylic acids is 1. The standard InChI is InChI=1S/C12H12N2O3.ClH/c15-12(16)8-17-11-3-1-10(2-4-11)7-14-6-5-13-9-14;/h1-6,9H,7-8H2,(H,15,16);1H/p-1. The molecule has 1 N–H and O–H groups in total. The molecule has 0 unspecified atom stereocenters. The Morgan fingerprint density at radius 3 is 2.61 bits per heavy atom. The third-order valence-corrected chi connectivity index (χ3v) is 2.21. The average molecular weight is 268 g/mol. The van der Waals surface area contributed by atoms with E-state index in [0.29, 0.717) is 5.75 Å². The number of imidazole rings is 1. The highest BCUT2D eigenvalue weighted by Gasteiger charge is 1.99. The van der Waals surface area contributed by atoms with Gasteiger partial charge in [0.05, 0.1) is 6.33 Å². The zero-order valence-electron chi connectivity index (χ0n) is 9.49. The van der Waals surface area contributed by atoms with Crippen LogP contribution in [0.15, 0.2) is 43.0 Å². The van der Waals surface area contributed by atoms with Crippen LogP contribution in [-0.2, 0) is 11.3 Å². The summed E-state index contributed by atoms with van der Waals surface area (Å²) in [5.41, 5.74) is 1.10. The lowest BCUT2D eigenvalue weighted by atomic mass is 10.2. The van der Waals surface area contributed by atoms with Crippen LogP contribution in [0.3, 0.4) is 0 Å². The summed E-state index contributed by atoms with van der Waals surface area (Å²) in [6.45, 7) is 0.417. The molecule has 0 saturated carbocycles. The summed E-state index contributed by atoms with van der Waals surface area (Å²) >= 11 is 0. The first kappa shape index (κ1) is 14.1. The zero-order valence-corrected chi connectivity index (χ0v) is 10.2. The summed E-state index contributed by atoms with van der Waals surface area (Å²) < 4.78 is 6.99. The number of carbonyl (C=O) groups is 1. The van der Waals surface area contributed by atoms with Crippen molar-refractivity contribution < 1.29 is 27.0 Å². The first-order chi connectivity index (χ1) is 8.24. The number of hydrogen-bond donors (Lipinski definition) is 1. The lowest BCUT2D eigenvalue weighted by molar-refractivity contribution is -0.139. The van der Waals surface area contributed by atoms with E-state index in [4.69, 9.17) is 9.84 Å². The number of aromatic nitrogens is 2. The van der Waals surface area contributed by atoms with Crippen LogP contribution < -0.4 is 17.1 Å². The number of rotatable bonds is 5. The smallest absolute Gasteiger partial charge is 0.341 e.